The number of furan rings is 1. The molecule has 0 aliphatic rings. The molecule has 10 heteroatoms. The Balaban J connectivity index is 1.85. The highest BCUT2D eigenvalue weighted by molar-refractivity contribution is 7.85. The van der Waals surface area contributed by atoms with Gasteiger partial charge in [0.2, 0.25) is 5.09 Å². The van der Waals surface area contributed by atoms with Gasteiger partial charge < -0.3 is 9.15 Å². The van der Waals surface area contributed by atoms with Crippen LogP contribution in [0.2, 0.25) is 5.02 Å². The van der Waals surface area contributed by atoms with Crippen LogP contribution in [0.1, 0.15) is 11.3 Å². The molecule has 1 amide bonds. The van der Waals surface area contributed by atoms with Gasteiger partial charge in [0.1, 0.15) is 11.5 Å². The second-order valence-electron chi connectivity index (χ2n) is 4.62. The highest BCUT2D eigenvalue weighted by atomic mass is 35.5. The lowest BCUT2D eigenvalue weighted by Crippen LogP contribution is -2.24. The van der Waals surface area contributed by atoms with Gasteiger partial charge in [-0.3, -0.25) is 9.35 Å². The molecule has 0 aliphatic heterocycles. The number of hydrazone groups is 1. The quantitative estimate of drug-likeness (QED) is 0.455. The normalized spacial score (nSPS) is 11.6. The number of nitrogens with zero attached hydrogens (tertiary/aromatic N) is 1. The van der Waals surface area contributed by atoms with E-state index in [1.807, 2.05) is 0 Å². The Kier molecular flexibility index (Phi) is 5.60. The third-order valence-corrected chi connectivity index (χ3v) is 3.70. The van der Waals surface area contributed by atoms with E-state index in [1.165, 1.54) is 6.07 Å². The van der Waals surface area contributed by atoms with Crippen molar-refractivity contribution >= 4 is 33.8 Å². The fourth-order valence-electron chi connectivity index (χ4n) is 1.66. The molecule has 0 unspecified atom stereocenters. The molecule has 1 aromatic carbocycles. The molecule has 0 aliphatic carbocycles. The lowest BCUT2D eigenvalue weighted by atomic mass is 10.2. The molecule has 1 heterocycles. The van der Waals surface area contributed by atoms with Crippen LogP contribution in [0.15, 0.2) is 44.9 Å². The Bertz CT molecular complexity index is 875. The maximum atomic E-state index is 11.6. The van der Waals surface area contributed by atoms with Crippen LogP contribution < -0.4 is 10.2 Å². The van der Waals surface area contributed by atoms with Crippen LogP contribution in [0.5, 0.6) is 5.75 Å². The fraction of sp³-hybridized carbons (Fsp3) is 0.143. The number of carbonyl (C=O) groups excluding carboxylic acids is 1. The smallest absolute Gasteiger partial charge is 0.328 e. The first-order chi connectivity index (χ1) is 11.3. The number of ether oxygens (including phenoxy) is 1. The molecule has 2 rings (SSSR count). The number of carbonyl (C=O) groups is 1. The molecule has 0 bridgehead atoms. The molecule has 8 nitrogen and oxygen atoms in total. The van der Waals surface area contributed by atoms with Gasteiger partial charge in [-0.1, -0.05) is 11.6 Å². The Morgan fingerprint density at radius 1 is 1.42 bits per heavy atom. The third kappa shape index (κ3) is 5.08. The van der Waals surface area contributed by atoms with Crippen molar-refractivity contribution < 1.29 is 26.9 Å². The highest BCUT2D eigenvalue weighted by Crippen LogP contribution is 2.21. The molecule has 128 valence electrons. The summed E-state index contributed by atoms with van der Waals surface area (Å²) in [6, 6.07) is 7.32. The minimum Gasteiger partial charge on any atom is -0.483 e. The summed E-state index contributed by atoms with van der Waals surface area (Å²) in [5.74, 6) is 0.0295. The van der Waals surface area contributed by atoms with E-state index < -0.39 is 21.1 Å². The van der Waals surface area contributed by atoms with Gasteiger partial charge in [0.25, 0.3) is 5.91 Å². The zero-order valence-corrected chi connectivity index (χ0v) is 14.0. The molecular weight excluding hydrogens is 360 g/mol. The van der Waals surface area contributed by atoms with E-state index in [0.29, 0.717) is 10.8 Å². The van der Waals surface area contributed by atoms with E-state index in [-0.39, 0.29) is 12.4 Å². The van der Waals surface area contributed by atoms with E-state index in [9.17, 15) is 13.2 Å². The van der Waals surface area contributed by atoms with Gasteiger partial charge in [-0.05, 0) is 42.8 Å². The van der Waals surface area contributed by atoms with Crippen LogP contribution in [0.3, 0.4) is 0 Å². The summed E-state index contributed by atoms with van der Waals surface area (Å²) in [6.07, 6.45) is 1.08. The molecule has 1 aromatic heterocycles. The fourth-order valence-corrected chi connectivity index (χ4v) is 2.33. The predicted molar refractivity (Wildman–Crippen MR) is 85.9 cm³/mol. The number of amides is 1. The van der Waals surface area contributed by atoms with E-state index in [0.717, 1.165) is 17.8 Å². The minimum absolute atomic E-state index is 0.0392. The average Bonchev–Trinajstić information content (AvgIpc) is 2.95. The lowest BCUT2D eigenvalue weighted by Gasteiger charge is -2.08. The van der Waals surface area contributed by atoms with Crippen LogP contribution >= 0.6 is 11.6 Å². The van der Waals surface area contributed by atoms with E-state index in [1.54, 1.807) is 25.1 Å². The van der Waals surface area contributed by atoms with Crippen LogP contribution in [0.25, 0.3) is 0 Å². The maximum Gasteiger partial charge on any atom is 0.328 e. The van der Waals surface area contributed by atoms with Crippen LogP contribution in [-0.4, -0.2) is 31.7 Å². The Hall–Kier alpha value is -2.36. The van der Waals surface area contributed by atoms with Gasteiger partial charge in [-0.25, -0.2) is 5.43 Å². The number of halogens is 1. The van der Waals surface area contributed by atoms with Gasteiger partial charge in [-0.2, -0.15) is 13.5 Å². The first kappa shape index (κ1) is 18.0. The summed E-state index contributed by atoms with van der Waals surface area (Å²) in [6.45, 7) is 1.52. The number of aryl methyl sites for hydroxylation is 1. The van der Waals surface area contributed by atoms with E-state index in [2.05, 4.69) is 10.5 Å². The van der Waals surface area contributed by atoms with Crippen molar-refractivity contribution in [2.45, 2.75) is 12.0 Å². The molecular formula is C14H13ClN2O6S. The molecule has 0 saturated heterocycles. The van der Waals surface area contributed by atoms with Crippen molar-refractivity contribution in [2.75, 3.05) is 6.61 Å². The SMILES string of the molecule is Cc1cc(Cl)ccc1OCC(=O)NN=Cc1ccc(S(=O)(=O)O)o1. The van der Waals surface area contributed by atoms with Crippen LogP contribution in [0, 0.1) is 6.92 Å². The Morgan fingerprint density at radius 2 is 2.17 bits per heavy atom. The van der Waals surface area contributed by atoms with Crippen molar-refractivity contribution in [1.82, 2.24) is 5.43 Å². The second-order valence-corrected chi connectivity index (χ2v) is 6.41. The largest absolute Gasteiger partial charge is 0.483 e. The summed E-state index contributed by atoms with van der Waals surface area (Å²) in [7, 11) is -4.41. The topological polar surface area (TPSA) is 118 Å². The zero-order valence-electron chi connectivity index (χ0n) is 12.4. The summed E-state index contributed by atoms with van der Waals surface area (Å²) in [5, 5.41) is 3.54. The zero-order chi connectivity index (χ0) is 17.7. The highest BCUT2D eigenvalue weighted by Gasteiger charge is 2.14. The standard InChI is InChI=1S/C14H13ClN2O6S/c1-9-6-10(15)2-4-12(9)22-8-13(18)17-16-7-11-3-5-14(23-11)24(19,20)21/h2-7H,8H2,1H3,(H,17,18)(H,19,20,21). The molecule has 2 N–H and O–H groups in total. The van der Waals surface area contributed by atoms with Gasteiger partial charge in [-0.15, -0.1) is 0 Å². The first-order valence-electron chi connectivity index (χ1n) is 6.54. The molecule has 0 atom stereocenters. The monoisotopic (exact) mass is 372 g/mol. The van der Waals surface area contributed by atoms with Crippen molar-refractivity contribution in [3.8, 4) is 5.75 Å². The van der Waals surface area contributed by atoms with Crippen LogP contribution in [-0.2, 0) is 14.9 Å². The Labute approximate surface area is 142 Å². The number of hydrogen-bond donors (Lipinski definition) is 2. The van der Waals surface area contributed by atoms with E-state index >= 15 is 0 Å². The molecule has 0 saturated carbocycles. The number of rotatable bonds is 6. The molecule has 0 radical (unpaired) electrons. The summed E-state index contributed by atoms with van der Waals surface area (Å²) >= 11 is 5.82. The number of hydrogen-bond acceptors (Lipinski definition) is 6. The van der Waals surface area contributed by atoms with E-state index in [4.69, 9.17) is 25.3 Å². The lowest BCUT2D eigenvalue weighted by molar-refractivity contribution is -0.123. The van der Waals surface area contributed by atoms with Crippen LogP contribution in [0.4, 0.5) is 0 Å². The first-order valence-corrected chi connectivity index (χ1v) is 8.35. The van der Waals surface area contributed by atoms with Crippen molar-refractivity contribution in [2.24, 2.45) is 5.10 Å². The maximum absolute atomic E-state index is 11.6. The number of nitrogens with one attached hydrogen (secondary N) is 1. The third-order valence-electron chi connectivity index (χ3n) is 2.73. The molecule has 0 spiro atoms. The molecule has 0 fully saturated rings. The number of benzene rings is 1. The van der Waals surface area contributed by atoms with Gasteiger partial charge in [0.05, 0.1) is 6.21 Å². The van der Waals surface area contributed by atoms with Gasteiger partial charge in [0.15, 0.2) is 6.61 Å². The summed E-state index contributed by atoms with van der Waals surface area (Å²) < 4.78 is 40.5. The summed E-state index contributed by atoms with van der Waals surface area (Å²) in [4.78, 5) is 11.6. The second kappa shape index (κ2) is 7.47. The van der Waals surface area contributed by atoms with Gasteiger partial charge >= 0.3 is 10.1 Å². The summed E-state index contributed by atoms with van der Waals surface area (Å²) in [5.41, 5.74) is 2.97. The molecule has 2 aromatic rings. The van der Waals surface area contributed by atoms with Crippen molar-refractivity contribution in [3.05, 3.63) is 46.7 Å². The minimum atomic E-state index is -4.41. The predicted octanol–water partition coefficient (Wildman–Crippen LogP) is 2.02. The van der Waals surface area contributed by atoms with Gasteiger partial charge in [0, 0.05) is 5.02 Å². The molecule has 24 heavy (non-hydrogen) atoms. The van der Waals surface area contributed by atoms with Crippen molar-refractivity contribution in [1.29, 1.82) is 0 Å². The average molecular weight is 373 g/mol. The Morgan fingerprint density at radius 3 is 2.79 bits per heavy atom. The van der Waals surface area contributed by atoms with Crippen molar-refractivity contribution in [3.63, 3.8) is 0 Å².